The Labute approximate surface area is 113 Å². The minimum atomic E-state index is -4.36. The van der Waals surface area contributed by atoms with Crippen molar-refractivity contribution in [1.29, 1.82) is 0 Å². The summed E-state index contributed by atoms with van der Waals surface area (Å²) in [6, 6.07) is 15.1. The van der Waals surface area contributed by atoms with Gasteiger partial charge in [0.05, 0.1) is 5.69 Å². The van der Waals surface area contributed by atoms with E-state index in [2.05, 4.69) is 10.2 Å². The van der Waals surface area contributed by atoms with E-state index in [1.165, 1.54) is 12.1 Å². The highest BCUT2D eigenvalue weighted by Gasteiger charge is 2.28. The van der Waals surface area contributed by atoms with Crippen molar-refractivity contribution in [3.05, 3.63) is 54.6 Å². The number of anilines is 1. The van der Waals surface area contributed by atoms with E-state index in [9.17, 15) is 13.2 Å². The lowest BCUT2D eigenvalue weighted by atomic mass is 10.3. The summed E-state index contributed by atoms with van der Waals surface area (Å²) in [4.78, 5) is 5.25. The van der Waals surface area contributed by atoms with E-state index in [1.807, 2.05) is 18.2 Å². The molecule has 2 aromatic carbocycles. The zero-order chi connectivity index (χ0) is 14.4. The van der Waals surface area contributed by atoms with Gasteiger partial charge in [0.25, 0.3) is 0 Å². The average molecular weight is 283 g/mol. The number of benzene rings is 2. The summed E-state index contributed by atoms with van der Waals surface area (Å²) >= 11 is 0. The summed E-state index contributed by atoms with van der Waals surface area (Å²) in [5.74, 6) is 0.447. The lowest BCUT2D eigenvalue weighted by Gasteiger charge is -2.11. The Hall–Kier alpha value is -2.37. The fourth-order valence-electron chi connectivity index (χ4n) is 1.42. The molecule has 106 valence electrons. The monoisotopic (exact) mass is 283 g/mol. The second kappa shape index (κ2) is 6.18. The van der Waals surface area contributed by atoms with E-state index in [-0.39, 0.29) is 5.75 Å². The van der Waals surface area contributed by atoms with Crippen molar-refractivity contribution in [3.8, 4) is 11.5 Å². The molecule has 0 saturated heterocycles. The van der Waals surface area contributed by atoms with E-state index < -0.39 is 12.8 Å². The van der Waals surface area contributed by atoms with Crippen molar-refractivity contribution in [3.63, 3.8) is 0 Å². The van der Waals surface area contributed by atoms with E-state index in [4.69, 9.17) is 4.84 Å². The van der Waals surface area contributed by atoms with Gasteiger partial charge in [-0.1, -0.05) is 24.3 Å². The SMILES string of the molecule is FC(F)(F)COc1cccc(ONc2ccccc2)c1. The Bertz CT molecular complexity index is 544. The van der Waals surface area contributed by atoms with Crippen LogP contribution in [-0.2, 0) is 0 Å². The zero-order valence-corrected chi connectivity index (χ0v) is 10.4. The molecule has 0 aliphatic rings. The van der Waals surface area contributed by atoms with Crippen LogP contribution in [0.25, 0.3) is 0 Å². The van der Waals surface area contributed by atoms with Crippen LogP contribution in [0, 0.1) is 0 Å². The molecule has 0 bridgehead atoms. The number of para-hydroxylation sites is 1. The minimum Gasteiger partial charge on any atom is -0.484 e. The third-order valence-corrected chi connectivity index (χ3v) is 2.27. The molecule has 3 nitrogen and oxygen atoms in total. The van der Waals surface area contributed by atoms with Crippen LogP contribution in [0.3, 0.4) is 0 Å². The first-order valence-corrected chi connectivity index (χ1v) is 5.80. The molecule has 0 amide bonds. The van der Waals surface area contributed by atoms with E-state index in [0.717, 1.165) is 5.69 Å². The van der Waals surface area contributed by atoms with Crippen molar-refractivity contribution in [2.24, 2.45) is 0 Å². The molecule has 0 atom stereocenters. The average Bonchev–Trinajstić information content (AvgIpc) is 2.44. The van der Waals surface area contributed by atoms with Crippen LogP contribution in [0.5, 0.6) is 11.5 Å². The lowest BCUT2D eigenvalue weighted by Crippen LogP contribution is -2.19. The topological polar surface area (TPSA) is 30.5 Å². The summed E-state index contributed by atoms with van der Waals surface area (Å²) < 4.78 is 40.8. The van der Waals surface area contributed by atoms with Crippen LogP contribution in [0.4, 0.5) is 18.9 Å². The summed E-state index contributed by atoms with van der Waals surface area (Å²) in [5, 5.41) is 0. The quantitative estimate of drug-likeness (QED) is 0.840. The third-order valence-electron chi connectivity index (χ3n) is 2.27. The van der Waals surface area contributed by atoms with Crippen molar-refractivity contribution in [2.45, 2.75) is 6.18 Å². The number of nitrogens with one attached hydrogen (secondary N) is 1. The zero-order valence-electron chi connectivity index (χ0n) is 10.4. The van der Waals surface area contributed by atoms with Gasteiger partial charge in [-0.25, -0.2) is 5.48 Å². The van der Waals surface area contributed by atoms with Gasteiger partial charge in [0.15, 0.2) is 12.4 Å². The maximum atomic E-state index is 12.0. The maximum absolute atomic E-state index is 12.0. The summed E-state index contributed by atoms with van der Waals surface area (Å²) in [6.45, 7) is -1.33. The highest BCUT2D eigenvalue weighted by Crippen LogP contribution is 2.22. The summed E-state index contributed by atoms with van der Waals surface area (Å²) in [5.41, 5.74) is 3.41. The van der Waals surface area contributed by atoms with Crippen LogP contribution in [-0.4, -0.2) is 12.8 Å². The van der Waals surface area contributed by atoms with Gasteiger partial charge in [0, 0.05) is 6.07 Å². The Morgan fingerprint density at radius 3 is 2.30 bits per heavy atom. The molecule has 1 N–H and O–H groups in total. The Kier molecular flexibility index (Phi) is 4.34. The minimum absolute atomic E-state index is 0.0923. The molecule has 2 aromatic rings. The normalized spacial score (nSPS) is 10.9. The fraction of sp³-hybridized carbons (Fsp3) is 0.143. The van der Waals surface area contributed by atoms with Crippen molar-refractivity contribution < 1.29 is 22.7 Å². The second-order valence-corrected chi connectivity index (χ2v) is 3.95. The first-order chi connectivity index (χ1) is 9.53. The number of hydrogen-bond acceptors (Lipinski definition) is 3. The van der Waals surface area contributed by atoms with Crippen LogP contribution >= 0.6 is 0 Å². The Balaban J connectivity index is 1.92. The van der Waals surface area contributed by atoms with Crippen molar-refractivity contribution in [2.75, 3.05) is 12.1 Å². The lowest BCUT2D eigenvalue weighted by molar-refractivity contribution is -0.153. The summed E-state index contributed by atoms with van der Waals surface area (Å²) in [6.07, 6.45) is -4.36. The van der Waals surface area contributed by atoms with Crippen LogP contribution < -0.4 is 15.1 Å². The summed E-state index contributed by atoms with van der Waals surface area (Å²) in [7, 11) is 0. The molecule has 0 unspecified atom stereocenters. The second-order valence-electron chi connectivity index (χ2n) is 3.95. The van der Waals surface area contributed by atoms with E-state index in [0.29, 0.717) is 5.75 Å². The predicted octanol–water partition coefficient (Wildman–Crippen LogP) is 4.03. The van der Waals surface area contributed by atoms with Crippen LogP contribution in [0.15, 0.2) is 54.6 Å². The number of ether oxygens (including phenoxy) is 1. The van der Waals surface area contributed by atoms with Gasteiger partial charge in [-0.3, -0.25) is 0 Å². The Morgan fingerprint density at radius 2 is 1.60 bits per heavy atom. The molecule has 0 aliphatic carbocycles. The molecule has 0 heterocycles. The van der Waals surface area contributed by atoms with Gasteiger partial charge < -0.3 is 9.57 Å². The highest BCUT2D eigenvalue weighted by molar-refractivity contribution is 5.42. The number of halogens is 3. The molecule has 0 aromatic heterocycles. The van der Waals surface area contributed by atoms with Gasteiger partial charge in [-0.2, -0.15) is 13.2 Å². The van der Waals surface area contributed by atoms with E-state index in [1.54, 1.807) is 24.3 Å². The molecule has 0 spiro atoms. The van der Waals surface area contributed by atoms with Crippen LogP contribution in [0.2, 0.25) is 0 Å². The molecule has 0 aliphatic heterocycles. The van der Waals surface area contributed by atoms with Crippen molar-refractivity contribution in [1.82, 2.24) is 0 Å². The first kappa shape index (κ1) is 14.0. The van der Waals surface area contributed by atoms with Gasteiger partial charge >= 0.3 is 6.18 Å². The highest BCUT2D eigenvalue weighted by atomic mass is 19.4. The molecule has 0 radical (unpaired) electrons. The molecule has 0 saturated carbocycles. The third kappa shape index (κ3) is 4.72. The first-order valence-electron chi connectivity index (χ1n) is 5.80. The van der Waals surface area contributed by atoms with Crippen LogP contribution in [0.1, 0.15) is 0 Å². The van der Waals surface area contributed by atoms with Gasteiger partial charge in [-0.15, -0.1) is 0 Å². The standard InChI is InChI=1S/C14H12F3NO2/c15-14(16,17)10-19-12-7-4-8-13(9-12)20-18-11-5-2-1-3-6-11/h1-9,18H,10H2. The van der Waals surface area contributed by atoms with Gasteiger partial charge in [0.2, 0.25) is 0 Å². The molecular weight excluding hydrogens is 271 g/mol. The van der Waals surface area contributed by atoms with Gasteiger partial charge in [0.1, 0.15) is 5.75 Å². The fourth-order valence-corrected chi connectivity index (χ4v) is 1.42. The number of alkyl halides is 3. The predicted molar refractivity (Wildman–Crippen MR) is 68.7 cm³/mol. The van der Waals surface area contributed by atoms with Crippen molar-refractivity contribution >= 4 is 5.69 Å². The number of rotatable bonds is 5. The molecule has 20 heavy (non-hydrogen) atoms. The molecule has 2 rings (SSSR count). The van der Waals surface area contributed by atoms with E-state index >= 15 is 0 Å². The maximum Gasteiger partial charge on any atom is 0.422 e. The Morgan fingerprint density at radius 1 is 0.900 bits per heavy atom. The molecule has 0 fully saturated rings. The number of hydrogen-bond donors (Lipinski definition) is 1. The molecule has 6 heteroatoms. The van der Waals surface area contributed by atoms with Gasteiger partial charge in [-0.05, 0) is 24.3 Å². The molecular formula is C14H12F3NO2. The smallest absolute Gasteiger partial charge is 0.422 e. The largest absolute Gasteiger partial charge is 0.484 e.